The van der Waals surface area contributed by atoms with Crippen molar-refractivity contribution in [2.75, 3.05) is 7.05 Å². The molecule has 3 N–H and O–H groups in total. The van der Waals surface area contributed by atoms with Gasteiger partial charge in [-0.1, -0.05) is 24.3 Å². The van der Waals surface area contributed by atoms with E-state index in [1.165, 1.54) is 5.57 Å². The number of hydrogen-bond donors (Lipinski definition) is 3. The molecule has 1 aromatic carbocycles. The van der Waals surface area contributed by atoms with Gasteiger partial charge in [-0.15, -0.1) is 0 Å². The van der Waals surface area contributed by atoms with Gasteiger partial charge in [0.2, 0.25) is 5.91 Å². The molecule has 25 heavy (non-hydrogen) atoms. The fraction of sp³-hybridized carbons (Fsp3) is 0.263. The molecule has 1 aliphatic heterocycles. The molecule has 2 aliphatic rings. The quantitative estimate of drug-likeness (QED) is 0.579. The van der Waals surface area contributed by atoms with Crippen LogP contribution in [0.15, 0.2) is 59.8 Å². The molecule has 6 heteroatoms. The summed E-state index contributed by atoms with van der Waals surface area (Å²) in [7, 11) is 1.92. The van der Waals surface area contributed by atoms with Gasteiger partial charge in [0.05, 0.1) is 6.04 Å². The van der Waals surface area contributed by atoms with Gasteiger partial charge in [-0.25, -0.2) is 5.48 Å². The van der Waals surface area contributed by atoms with Gasteiger partial charge in [-0.05, 0) is 48.8 Å². The summed E-state index contributed by atoms with van der Waals surface area (Å²) < 4.78 is 0. The number of likely N-dealkylation sites (N-methyl/N-ethyl adjacent to an activating group) is 1. The molecule has 6 nitrogen and oxygen atoms in total. The zero-order chi connectivity index (χ0) is 18.0. The minimum Gasteiger partial charge on any atom is -0.359 e. The molecule has 0 spiro atoms. The molecular formula is C19H21N3O3. The third-order valence-electron chi connectivity index (χ3n) is 4.62. The first-order valence-corrected chi connectivity index (χ1v) is 8.16. The summed E-state index contributed by atoms with van der Waals surface area (Å²) in [6.07, 6.45) is 8.97. The number of nitrogens with one attached hydrogen (secondary N) is 2. The zero-order valence-electron chi connectivity index (χ0n) is 14.2. The summed E-state index contributed by atoms with van der Waals surface area (Å²) in [5, 5.41) is 11.7. The van der Waals surface area contributed by atoms with Crippen molar-refractivity contribution in [1.29, 1.82) is 0 Å². The Morgan fingerprint density at radius 3 is 2.64 bits per heavy atom. The minimum atomic E-state index is -0.563. The van der Waals surface area contributed by atoms with Gasteiger partial charge in [0, 0.05) is 18.3 Å². The molecule has 0 saturated carbocycles. The normalized spacial score (nSPS) is 19.6. The second kappa shape index (κ2) is 6.94. The van der Waals surface area contributed by atoms with E-state index in [9.17, 15) is 9.59 Å². The van der Waals surface area contributed by atoms with E-state index in [1.807, 2.05) is 37.1 Å². The van der Waals surface area contributed by atoms with Crippen molar-refractivity contribution >= 4 is 11.8 Å². The van der Waals surface area contributed by atoms with Gasteiger partial charge >= 0.3 is 0 Å². The van der Waals surface area contributed by atoms with Crippen LogP contribution >= 0.6 is 0 Å². The van der Waals surface area contributed by atoms with E-state index in [-0.39, 0.29) is 18.0 Å². The lowest BCUT2D eigenvalue weighted by molar-refractivity contribution is -0.124. The fourth-order valence-corrected chi connectivity index (χ4v) is 3.14. The molecule has 0 aromatic heterocycles. The predicted molar refractivity (Wildman–Crippen MR) is 93.7 cm³/mol. The maximum atomic E-state index is 12.7. The van der Waals surface area contributed by atoms with Crippen LogP contribution in [0.2, 0.25) is 0 Å². The molecule has 0 fully saturated rings. The van der Waals surface area contributed by atoms with Crippen LogP contribution < -0.4 is 10.8 Å². The Morgan fingerprint density at radius 2 is 2.00 bits per heavy atom. The molecule has 2 atom stereocenters. The summed E-state index contributed by atoms with van der Waals surface area (Å²) in [5.41, 5.74) is 5.11. The molecular weight excluding hydrogens is 318 g/mol. The summed E-state index contributed by atoms with van der Waals surface area (Å²) in [5.74, 6) is -0.623. The average Bonchev–Trinajstić information content (AvgIpc) is 2.98. The molecule has 0 saturated heterocycles. The van der Waals surface area contributed by atoms with E-state index in [4.69, 9.17) is 5.21 Å². The first kappa shape index (κ1) is 17.0. The SMILES string of the molecule is CC(NC(=O)C1C=C2CC=CC=C2N1C)c1ccc(C(=O)NO)cc1. The summed E-state index contributed by atoms with van der Waals surface area (Å²) in [6.45, 7) is 1.90. The Bertz CT molecular complexity index is 778. The number of amides is 2. The topological polar surface area (TPSA) is 81.7 Å². The maximum Gasteiger partial charge on any atom is 0.274 e. The van der Waals surface area contributed by atoms with Crippen LogP contribution in [0.5, 0.6) is 0 Å². The molecule has 1 heterocycles. The van der Waals surface area contributed by atoms with Crippen LogP contribution in [0.4, 0.5) is 0 Å². The molecule has 2 amide bonds. The van der Waals surface area contributed by atoms with Gasteiger partial charge in [-0.2, -0.15) is 0 Å². The van der Waals surface area contributed by atoms with Crippen molar-refractivity contribution in [3.05, 3.63) is 71.0 Å². The first-order valence-electron chi connectivity index (χ1n) is 8.16. The van der Waals surface area contributed by atoms with Gasteiger partial charge < -0.3 is 10.2 Å². The highest BCUT2D eigenvalue weighted by molar-refractivity contribution is 5.93. The maximum absolute atomic E-state index is 12.7. The van der Waals surface area contributed by atoms with Crippen molar-refractivity contribution in [2.45, 2.75) is 25.4 Å². The van der Waals surface area contributed by atoms with Crippen LogP contribution in [0.25, 0.3) is 0 Å². The van der Waals surface area contributed by atoms with Crippen LogP contribution in [0, 0.1) is 0 Å². The second-order valence-electron chi connectivity index (χ2n) is 6.23. The third kappa shape index (κ3) is 3.34. The van der Waals surface area contributed by atoms with E-state index in [0.29, 0.717) is 5.56 Å². The summed E-state index contributed by atoms with van der Waals surface area (Å²) in [6, 6.07) is 6.23. The Labute approximate surface area is 146 Å². The Morgan fingerprint density at radius 1 is 1.28 bits per heavy atom. The van der Waals surface area contributed by atoms with Crippen molar-refractivity contribution in [3.8, 4) is 0 Å². The van der Waals surface area contributed by atoms with Gasteiger partial charge in [0.15, 0.2) is 0 Å². The molecule has 3 rings (SSSR count). The summed E-state index contributed by atoms with van der Waals surface area (Å²) in [4.78, 5) is 26.0. The lowest BCUT2D eigenvalue weighted by Gasteiger charge is -2.25. The number of hydrogen-bond acceptors (Lipinski definition) is 4. The van der Waals surface area contributed by atoms with Crippen LogP contribution in [0.1, 0.15) is 35.3 Å². The minimum absolute atomic E-state index is 0.0602. The van der Waals surface area contributed by atoms with Crippen LogP contribution in [0.3, 0.4) is 0 Å². The van der Waals surface area contributed by atoms with Crippen molar-refractivity contribution in [2.24, 2.45) is 0 Å². The number of carbonyl (C=O) groups excluding carboxylic acids is 2. The highest BCUT2D eigenvalue weighted by Gasteiger charge is 2.31. The van der Waals surface area contributed by atoms with Crippen molar-refractivity contribution in [3.63, 3.8) is 0 Å². The number of nitrogens with zero attached hydrogens (tertiary/aromatic N) is 1. The monoisotopic (exact) mass is 339 g/mol. The van der Waals surface area contributed by atoms with E-state index in [2.05, 4.69) is 11.4 Å². The number of hydroxylamine groups is 1. The van der Waals surface area contributed by atoms with Crippen molar-refractivity contribution in [1.82, 2.24) is 15.7 Å². The first-order chi connectivity index (χ1) is 12.0. The van der Waals surface area contributed by atoms with E-state index < -0.39 is 5.91 Å². The lowest BCUT2D eigenvalue weighted by Crippen LogP contribution is -2.42. The second-order valence-corrected chi connectivity index (χ2v) is 6.23. The van der Waals surface area contributed by atoms with Gasteiger partial charge in [0.25, 0.3) is 5.91 Å². The van der Waals surface area contributed by atoms with Crippen molar-refractivity contribution < 1.29 is 14.8 Å². The fourth-order valence-electron chi connectivity index (χ4n) is 3.14. The molecule has 2 unspecified atom stereocenters. The number of fused-ring (bicyclic) bond motifs is 1. The highest BCUT2D eigenvalue weighted by Crippen LogP contribution is 2.31. The standard InChI is InChI=1S/C19H21N3O3/c1-12(13-7-9-14(10-8-13)18(23)21-25)20-19(24)17-11-15-5-3-4-6-16(15)22(17)2/h3-4,6-12,17,25H,5H2,1-2H3,(H,20,24)(H,21,23). The smallest absolute Gasteiger partial charge is 0.274 e. The predicted octanol–water partition coefficient (Wildman–Crippen LogP) is 2.07. The largest absolute Gasteiger partial charge is 0.359 e. The van der Waals surface area contributed by atoms with E-state index in [0.717, 1.165) is 17.7 Å². The third-order valence-corrected chi connectivity index (χ3v) is 4.62. The molecule has 0 bridgehead atoms. The molecule has 0 radical (unpaired) electrons. The average molecular weight is 339 g/mol. The lowest BCUT2D eigenvalue weighted by atomic mass is 10.0. The number of benzene rings is 1. The summed E-state index contributed by atoms with van der Waals surface area (Å²) >= 11 is 0. The molecule has 130 valence electrons. The Hall–Kier alpha value is -2.86. The van der Waals surface area contributed by atoms with Gasteiger partial charge in [0.1, 0.15) is 6.04 Å². The Kier molecular flexibility index (Phi) is 4.72. The number of rotatable bonds is 4. The molecule has 1 aromatic rings. The van der Waals surface area contributed by atoms with Crippen LogP contribution in [-0.4, -0.2) is 35.0 Å². The molecule has 1 aliphatic carbocycles. The van der Waals surface area contributed by atoms with Gasteiger partial charge in [-0.3, -0.25) is 14.8 Å². The Balaban J connectivity index is 1.67. The highest BCUT2D eigenvalue weighted by atomic mass is 16.5. The number of carbonyl (C=O) groups is 2. The van der Waals surface area contributed by atoms with E-state index in [1.54, 1.807) is 29.7 Å². The van der Waals surface area contributed by atoms with E-state index >= 15 is 0 Å². The number of allylic oxidation sites excluding steroid dienone is 4. The van der Waals surface area contributed by atoms with Crippen LogP contribution in [-0.2, 0) is 4.79 Å². The zero-order valence-corrected chi connectivity index (χ0v) is 14.2.